The van der Waals surface area contributed by atoms with Crippen LogP contribution in [0.1, 0.15) is 11.1 Å². The van der Waals surface area contributed by atoms with E-state index in [4.69, 9.17) is 11.6 Å². The van der Waals surface area contributed by atoms with Crippen molar-refractivity contribution < 1.29 is 13.2 Å². The zero-order chi connectivity index (χ0) is 16.0. The highest BCUT2D eigenvalue weighted by molar-refractivity contribution is 6.33. The number of halogens is 4. The molecule has 0 spiro atoms. The standard InChI is InChI=1S/C17H15ClF3N/c18-16(17(19,20)21)15(14-9-5-2-6-10-14)12-22-11-13-7-3-1-4-8-13/h1-10,22H,11-12H2/b16-15+. The van der Waals surface area contributed by atoms with Crippen LogP contribution in [0.2, 0.25) is 0 Å². The maximum Gasteiger partial charge on any atom is 0.427 e. The van der Waals surface area contributed by atoms with Gasteiger partial charge in [0.1, 0.15) is 5.03 Å². The molecule has 116 valence electrons. The summed E-state index contributed by atoms with van der Waals surface area (Å²) in [6, 6.07) is 17.8. The summed E-state index contributed by atoms with van der Waals surface area (Å²) in [5.74, 6) is 0. The van der Waals surface area contributed by atoms with Crippen molar-refractivity contribution in [3.05, 3.63) is 76.8 Å². The zero-order valence-electron chi connectivity index (χ0n) is 11.7. The van der Waals surface area contributed by atoms with Crippen molar-refractivity contribution in [1.82, 2.24) is 5.32 Å². The number of rotatable bonds is 5. The molecule has 0 aliphatic heterocycles. The van der Waals surface area contributed by atoms with Crippen LogP contribution in [-0.2, 0) is 6.54 Å². The first-order chi connectivity index (χ1) is 10.5. The SMILES string of the molecule is FC(F)(F)/C(Cl)=C(/CNCc1ccccc1)c1ccccc1. The Labute approximate surface area is 132 Å². The lowest BCUT2D eigenvalue weighted by Gasteiger charge is -2.14. The van der Waals surface area contributed by atoms with Gasteiger partial charge in [-0.3, -0.25) is 0 Å². The third-order valence-electron chi connectivity index (χ3n) is 3.11. The number of hydrogen-bond acceptors (Lipinski definition) is 1. The molecule has 0 aliphatic rings. The van der Waals surface area contributed by atoms with Crippen molar-refractivity contribution in [2.75, 3.05) is 6.54 Å². The summed E-state index contributed by atoms with van der Waals surface area (Å²) in [5.41, 5.74) is 1.51. The number of nitrogens with one attached hydrogen (secondary N) is 1. The number of alkyl halides is 3. The van der Waals surface area contributed by atoms with Crippen molar-refractivity contribution in [3.8, 4) is 0 Å². The third kappa shape index (κ3) is 4.61. The Bertz CT molecular complexity index is 621. The van der Waals surface area contributed by atoms with Crippen molar-refractivity contribution in [3.63, 3.8) is 0 Å². The average molecular weight is 326 g/mol. The maximum absolute atomic E-state index is 12.9. The van der Waals surface area contributed by atoms with E-state index < -0.39 is 11.2 Å². The van der Waals surface area contributed by atoms with Gasteiger partial charge in [0.05, 0.1) is 0 Å². The van der Waals surface area contributed by atoms with Gasteiger partial charge in [0.25, 0.3) is 0 Å². The molecule has 0 aliphatic carbocycles. The molecule has 0 aromatic heterocycles. The Morgan fingerprint density at radius 1 is 0.909 bits per heavy atom. The molecule has 0 saturated heterocycles. The molecule has 2 rings (SSSR count). The molecule has 0 fully saturated rings. The van der Waals surface area contributed by atoms with Gasteiger partial charge in [-0.15, -0.1) is 0 Å². The third-order valence-corrected chi connectivity index (χ3v) is 3.55. The quantitative estimate of drug-likeness (QED) is 0.816. The predicted molar refractivity (Wildman–Crippen MR) is 83.4 cm³/mol. The van der Waals surface area contributed by atoms with Gasteiger partial charge in [-0.2, -0.15) is 13.2 Å². The molecule has 1 nitrogen and oxygen atoms in total. The van der Waals surface area contributed by atoms with Gasteiger partial charge in [-0.25, -0.2) is 0 Å². The van der Waals surface area contributed by atoms with Crippen LogP contribution >= 0.6 is 11.6 Å². The molecule has 0 atom stereocenters. The molecule has 0 heterocycles. The first-order valence-corrected chi connectivity index (χ1v) is 7.12. The van der Waals surface area contributed by atoms with Crippen molar-refractivity contribution in [2.45, 2.75) is 12.7 Å². The topological polar surface area (TPSA) is 12.0 Å². The Morgan fingerprint density at radius 2 is 1.45 bits per heavy atom. The first-order valence-electron chi connectivity index (χ1n) is 6.74. The molecule has 2 aromatic rings. The van der Waals surface area contributed by atoms with Crippen LogP contribution in [0.4, 0.5) is 13.2 Å². The van der Waals surface area contributed by atoms with E-state index >= 15 is 0 Å². The van der Waals surface area contributed by atoms with E-state index in [1.54, 1.807) is 30.3 Å². The molecular formula is C17H15ClF3N. The summed E-state index contributed by atoms with van der Waals surface area (Å²) in [6.45, 7) is 0.510. The van der Waals surface area contributed by atoms with Crippen LogP contribution in [0.5, 0.6) is 0 Å². The van der Waals surface area contributed by atoms with Gasteiger partial charge in [-0.1, -0.05) is 72.3 Å². The maximum atomic E-state index is 12.9. The van der Waals surface area contributed by atoms with Gasteiger partial charge in [0.15, 0.2) is 0 Å². The van der Waals surface area contributed by atoms with Crippen molar-refractivity contribution in [1.29, 1.82) is 0 Å². The van der Waals surface area contributed by atoms with E-state index in [0.29, 0.717) is 12.1 Å². The molecule has 0 bridgehead atoms. The molecule has 5 heteroatoms. The molecule has 0 amide bonds. The van der Waals surface area contributed by atoms with Gasteiger partial charge >= 0.3 is 6.18 Å². The fourth-order valence-corrected chi connectivity index (χ4v) is 2.22. The Kier molecular flexibility index (Phi) is 5.63. The summed E-state index contributed by atoms with van der Waals surface area (Å²) in [5, 5.41) is 1.93. The minimum atomic E-state index is -4.55. The fourth-order valence-electron chi connectivity index (χ4n) is 2.04. The Balaban J connectivity index is 2.16. The largest absolute Gasteiger partial charge is 0.427 e. The summed E-state index contributed by atoms with van der Waals surface area (Å²) < 4.78 is 38.8. The van der Waals surface area contributed by atoms with Crippen LogP contribution in [-0.4, -0.2) is 12.7 Å². The van der Waals surface area contributed by atoms with Crippen molar-refractivity contribution >= 4 is 17.2 Å². The summed E-state index contributed by atoms with van der Waals surface area (Å²) >= 11 is 5.55. The van der Waals surface area contributed by atoms with Gasteiger partial charge in [-0.05, 0) is 16.7 Å². The smallest absolute Gasteiger partial charge is 0.309 e. The highest BCUT2D eigenvalue weighted by atomic mass is 35.5. The predicted octanol–water partition coefficient (Wildman–Crippen LogP) is 4.99. The first kappa shape index (κ1) is 16.6. The molecule has 1 N–H and O–H groups in total. The number of benzene rings is 2. The average Bonchev–Trinajstić information content (AvgIpc) is 2.52. The van der Waals surface area contributed by atoms with E-state index in [-0.39, 0.29) is 12.1 Å². The van der Waals surface area contributed by atoms with E-state index in [9.17, 15) is 13.2 Å². The van der Waals surface area contributed by atoms with Crippen LogP contribution in [0, 0.1) is 0 Å². The van der Waals surface area contributed by atoms with Crippen LogP contribution in [0.3, 0.4) is 0 Å². The molecule has 0 radical (unpaired) electrons. The van der Waals surface area contributed by atoms with E-state index in [0.717, 1.165) is 5.56 Å². The van der Waals surface area contributed by atoms with Gasteiger partial charge in [0, 0.05) is 13.1 Å². The molecule has 2 aromatic carbocycles. The summed E-state index contributed by atoms with van der Waals surface area (Å²) in [6.07, 6.45) is -4.55. The second-order valence-corrected chi connectivity index (χ2v) is 5.12. The van der Waals surface area contributed by atoms with E-state index in [1.165, 1.54) is 0 Å². The summed E-state index contributed by atoms with van der Waals surface area (Å²) in [4.78, 5) is 0. The van der Waals surface area contributed by atoms with Crippen molar-refractivity contribution in [2.24, 2.45) is 0 Å². The van der Waals surface area contributed by atoms with E-state index in [1.807, 2.05) is 30.3 Å². The molecule has 22 heavy (non-hydrogen) atoms. The van der Waals surface area contributed by atoms with Gasteiger partial charge in [0.2, 0.25) is 0 Å². The zero-order valence-corrected chi connectivity index (χ0v) is 12.5. The summed E-state index contributed by atoms with van der Waals surface area (Å²) in [7, 11) is 0. The number of allylic oxidation sites excluding steroid dienone is 1. The monoisotopic (exact) mass is 325 g/mol. The highest BCUT2D eigenvalue weighted by Crippen LogP contribution is 2.34. The normalized spacial score (nSPS) is 12.9. The van der Waals surface area contributed by atoms with Crippen LogP contribution < -0.4 is 5.32 Å². The van der Waals surface area contributed by atoms with Crippen LogP contribution in [0.15, 0.2) is 65.7 Å². The second-order valence-electron chi connectivity index (χ2n) is 4.75. The minimum Gasteiger partial charge on any atom is -0.309 e. The molecular weight excluding hydrogens is 311 g/mol. The lowest BCUT2D eigenvalue weighted by molar-refractivity contribution is -0.0840. The Hall–Kier alpha value is -1.78. The highest BCUT2D eigenvalue weighted by Gasteiger charge is 2.35. The lowest BCUT2D eigenvalue weighted by atomic mass is 10.1. The van der Waals surface area contributed by atoms with Gasteiger partial charge < -0.3 is 5.32 Å². The molecule has 0 saturated carbocycles. The second kappa shape index (κ2) is 7.47. The Morgan fingerprint density at radius 3 is 2.00 bits per heavy atom. The lowest BCUT2D eigenvalue weighted by Crippen LogP contribution is -2.20. The van der Waals surface area contributed by atoms with Crippen LogP contribution in [0.25, 0.3) is 5.57 Å². The number of hydrogen-bond donors (Lipinski definition) is 1. The minimum absolute atomic E-state index is 0.0389. The fraction of sp³-hybridized carbons (Fsp3) is 0.176. The van der Waals surface area contributed by atoms with E-state index in [2.05, 4.69) is 5.32 Å². The molecule has 0 unspecified atom stereocenters.